The number of nitrogens with one attached hydrogen (secondary N) is 3. The van der Waals surface area contributed by atoms with Gasteiger partial charge in [-0.3, -0.25) is 5.43 Å². The summed E-state index contributed by atoms with van der Waals surface area (Å²) in [6, 6.07) is 10.7. The molecule has 0 spiro atoms. The van der Waals surface area contributed by atoms with E-state index in [4.69, 9.17) is 14.2 Å². The Balaban J connectivity index is 0.00000218. The second kappa shape index (κ2) is 9.80. The quantitative estimate of drug-likeness (QED) is 0.634. The molecule has 3 N–H and O–H groups in total. The number of rotatable bonds is 6. The SMILES string of the molecule is Cl.c1cc(CNCC2CNNC2c2ccc3c(c2)OCO3)cc(N2CCOCC2)n1. The number of pyridine rings is 1. The highest BCUT2D eigenvalue weighted by atomic mass is 35.5. The Morgan fingerprint density at radius 1 is 1.10 bits per heavy atom. The largest absolute Gasteiger partial charge is 0.454 e. The van der Waals surface area contributed by atoms with Gasteiger partial charge in [-0.1, -0.05) is 6.07 Å². The summed E-state index contributed by atoms with van der Waals surface area (Å²) < 4.78 is 16.4. The van der Waals surface area contributed by atoms with Gasteiger partial charge >= 0.3 is 0 Å². The standard InChI is InChI=1S/C21H27N5O3.ClH/c1-2-18-19(29-14-28-18)10-16(1)21-17(13-24-25-21)12-22-11-15-3-4-23-20(9-15)26-5-7-27-8-6-26;/h1-4,9-10,17,21-22,24-25H,5-8,11-14H2;1H. The number of nitrogens with zero attached hydrogens (tertiary/aromatic N) is 2. The molecule has 0 aliphatic carbocycles. The molecule has 5 rings (SSSR count). The molecule has 4 heterocycles. The molecule has 2 fully saturated rings. The Hall–Kier alpha value is -2.10. The smallest absolute Gasteiger partial charge is 0.231 e. The van der Waals surface area contributed by atoms with E-state index in [1.807, 2.05) is 12.3 Å². The number of aromatic nitrogens is 1. The summed E-state index contributed by atoms with van der Waals surface area (Å²) in [6.45, 7) is 6.31. The number of hydrogen-bond acceptors (Lipinski definition) is 8. The Morgan fingerprint density at radius 3 is 2.87 bits per heavy atom. The first-order chi connectivity index (χ1) is 14.4. The van der Waals surface area contributed by atoms with Gasteiger partial charge in [0.05, 0.1) is 19.3 Å². The minimum absolute atomic E-state index is 0. The van der Waals surface area contributed by atoms with Crippen molar-refractivity contribution in [1.29, 1.82) is 0 Å². The third-order valence-electron chi connectivity index (χ3n) is 5.73. The minimum atomic E-state index is 0. The highest BCUT2D eigenvalue weighted by Gasteiger charge is 2.29. The molecule has 3 aliphatic rings. The molecule has 2 aromatic rings. The van der Waals surface area contributed by atoms with E-state index in [1.54, 1.807) is 0 Å². The fraction of sp³-hybridized carbons (Fsp3) is 0.476. The van der Waals surface area contributed by atoms with Crippen molar-refractivity contribution < 1.29 is 14.2 Å². The van der Waals surface area contributed by atoms with Crippen LogP contribution in [-0.2, 0) is 11.3 Å². The summed E-state index contributed by atoms with van der Waals surface area (Å²) in [4.78, 5) is 6.81. The van der Waals surface area contributed by atoms with E-state index in [0.717, 1.165) is 63.3 Å². The molecule has 1 aromatic carbocycles. The van der Waals surface area contributed by atoms with Crippen LogP contribution in [0.15, 0.2) is 36.5 Å². The van der Waals surface area contributed by atoms with Gasteiger partial charge in [0.25, 0.3) is 0 Å². The fourth-order valence-electron chi connectivity index (χ4n) is 4.13. The molecule has 8 nitrogen and oxygen atoms in total. The van der Waals surface area contributed by atoms with Crippen LogP contribution in [0.2, 0.25) is 0 Å². The van der Waals surface area contributed by atoms with Crippen molar-refractivity contribution in [2.24, 2.45) is 5.92 Å². The molecule has 0 saturated carbocycles. The second-order valence-electron chi connectivity index (χ2n) is 7.63. The molecule has 30 heavy (non-hydrogen) atoms. The summed E-state index contributed by atoms with van der Waals surface area (Å²) in [6.07, 6.45) is 1.90. The number of benzene rings is 1. The van der Waals surface area contributed by atoms with Crippen LogP contribution in [0.4, 0.5) is 5.82 Å². The van der Waals surface area contributed by atoms with Crippen molar-refractivity contribution in [2.45, 2.75) is 12.6 Å². The van der Waals surface area contributed by atoms with E-state index in [0.29, 0.717) is 12.7 Å². The first-order valence-electron chi connectivity index (χ1n) is 10.2. The zero-order valence-corrected chi connectivity index (χ0v) is 17.6. The lowest BCUT2D eigenvalue weighted by atomic mass is 9.94. The molecular formula is C21H28ClN5O3. The number of morpholine rings is 1. The molecule has 2 atom stereocenters. The number of ether oxygens (including phenoxy) is 3. The van der Waals surface area contributed by atoms with Crippen molar-refractivity contribution in [3.63, 3.8) is 0 Å². The van der Waals surface area contributed by atoms with Gasteiger partial charge in [-0.2, -0.15) is 0 Å². The summed E-state index contributed by atoms with van der Waals surface area (Å²) >= 11 is 0. The molecule has 2 unspecified atom stereocenters. The van der Waals surface area contributed by atoms with Crippen molar-refractivity contribution in [1.82, 2.24) is 21.2 Å². The lowest BCUT2D eigenvalue weighted by Crippen LogP contribution is -2.36. The molecular weight excluding hydrogens is 406 g/mol. The summed E-state index contributed by atoms with van der Waals surface area (Å²) in [5.74, 6) is 3.13. The van der Waals surface area contributed by atoms with Gasteiger partial charge in [-0.25, -0.2) is 10.4 Å². The Labute approximate surface area is 182 Å². The summed E-state index contributed by atoms with van der Waals surface area (Å²) in [5, 5.41) is 3.62. The zero-order chi connectivity index (χ0) is 19.5. The van der Waals surface area contributed by atoms with Crippen molar-refractivity contribution >= 4 is 18.2 Å². The van der Waals surface area contributed by atoms with Gasteiger partial charge in [0.1, 0.15) is 5.82 Å². The van der Waals surface area contributed by atoms with Gasteiger partial charge in [0, 0.05) is 44.8 Å². The number of halogens is 1. The first kappa shape index (κ1) is 21.1. The highest BCUT2D eigenvalue weighted by molar-refractivity contribution is 5.85. The van der Waals surface area contributed by atoms with Crippen LogP contribution < -0.4 is 30.5 Å². The van der Waals surface area contributed by atoms with Crippen molar-refractivity contribution in [2.75, 3.05) is 51.1 Å². The number of fused-ring (bicyclic) bond motifs is 1. The third kappa shape index (κ3) is 4.63. The van der Waals surface area contributed by atoms with E-state index in [-0.39, 0.29) is 18.4 Å². The van der Waals surface area contributed by atoms with Gasteiger partial charge in [0.2, 0.25) is 6.79 Å². The molecule has 0 amide bonds. The number of anilines is 1. The minimum Gasteiger partial charge on any atom is -0.454 e. The van der Waals surface area contributed by atoms with Crippen LogP contribution >= 0.6 is 12.4 Å². The highest BCUT2D eigenvalue weighted by Crippen LogP contribution is 2.36. The van der Waals surface area contributed by atoms with Crippen LogP contribution in [0.5, 0.6) is 11.5 Å². The fourth-order valence-corrected chi connectivity index (χ4v) is 4.13. The summed E-state index contributed by atoms with van der Waals surface area (Å²) in [7, 11) is 0. The van der Waals surface area contributed by atoms with E-state index in [2.05, 4.69) is 50.3 Å². The Morgan fingerprint density at radius 2 is 1.97 bits per heavy atom. The lowest BCUT2D eigenvalue weighted by Gasteiger charge is -2.28. The molecule has 1 aromatic heterocycles. The predicted octanol–water partition coefficient (Wildman–Crippen LogP) is 1.62. The Kier molecular flexibility index (Phi) is 6.91. The third-order valence-corrected chi connectivity index (χ3v) is 5.73. The second-order valence-corrected chi connectivity index (χ2v) is 7.63. The van der Waals surface area contributed by atoms with Crippen LogP contribution in [-0.4, -0.2) is 51.2 Å². The average Bonchev–Trinajstić information content (AvgIpc) is 3.43. The van der Waals surface area contributed by atoms with Gasteiger partial charge in [-0.15, -0.1) is 12.4 Å². The van der Waals surface area contributed by atoms with E-state index in [9.17, 15) is 0 Å². The van der Waals surface area contributed by atoms with E-state index in [1.165, 1.54) is 11.1 Å². The van der Waals surface area contributed by atoms with Crippen LogP contribution in [0.25, 0.3) is 0 Å². The molecule has 3 aliphatic heterocycles. The van der Waals surface area contributed by atoms with Gasteiger partial charge in [-0.05, 0) is 35.4 Å². The number of hydrogen-bond donors (Lipinski definition) is 3. The van der Waals surface area contributed by atoms with Crippen molar-refractivity contribution in [3.05, 3.63) is 47.7 Å². The van der Waals surface area contributed by atoms with Crippen LogP contribution in [0.3, 0.4) is 0 Å². The zero-order valence-electron chi connectivity index (χ0n) is 16.8. The van der Waals surface area contributed by atoms with Gasteiger partial charge in [0.15, 0.2) is 11.5 Å². The maximum atomic E-state index is 5.53. The van der Waals surface area contributed by atoms with E-state index < -0.39 is 0 Å². The Bertz CT molecular complexity index is 849. The van der Waals surface area contributed by atoms with Gasteiger partial charge < -0.3 is 24.4 Å². The summed E-state index contributed by atoms with van der Waals surface area (Å²) in [5.41, 5.74) is 9.16. The maximum absolute atomic E-state index is 5.53. The molecule has 2 saturated heterocycles. The normalized spacial score (nSPS) is 22.7. The topological polar surface area (TPSA) is 79.9 Å². The maximum Gasteiger partial charge on any atom is 0.231 e. The first-order valence-corrected chi connectivity index (χ1v) is 10.2. The monoisotopic (exact) mass is 433 g/mol. The predicted molar refractivity (Wildman–Crippen MR) is 116 cm³/mol. The van der Waals surface area contributed by atoms with E-state index >= 15 is 0 Å². The molecule has 0 bridgehead atoms. The molecule has 162 valence electrons. The van der Waals surface area contributed by atoms with Crippen LogP contribution in [0.1, 0.15) is 17.2 Å². The molecule has 9 heteroatoms. The number of hydrazine groups is 1. The van der Waals surface area contributed by atoms with Crippen molar-refractivity contribution in [3.8, 4) is 11.5 Å². The average molecular weight is 434 g/mol. The van der Waals surface area contributed by atoms with Crippen LogP contribution in [0, 0.1) is 5.92 Å². The lowest BCUT2D eigenvalue weighted by molar-refractivity contribution is 0.122. The molecule has 0 radical (unpaired) electrons.